The summed E-state index contributed by atoms with van der Waals surface area (Å²) in [5, 5.41) is 4.89. The van der Waals surface area contributed by atoms with Crippen LogP contribution in [0.4, 0.5) is 5.82 Å². The van der Waals surface area contributed by atoms with Crippen molar-refractivity contribution in [1.82, 2.24) is 19.9 Å². The molecule has 0 spiro atoms. The molecule has 1 aliphatic heterocycles. The molecule has 0 bridgehead atoms. The van der Waals surface area contributed by atoms with E-state index in [4.69, 9.17) is 4.43 Å². The van der Waals surface area contributed by atoms with Crippen LogP contribution in [0.5, 0.6) is 0 Å². The molecule has 0 aliphatic carbocycles. The van der Waals surface area contributed by atoms with Crippen LogP contribution >= 0.6 is 0 Å². The molecule has 2 N–H and O–H groups in total. The fourth-order valence-corrected chi connectivity index (χ4v) is 4.59. The van der Waals surface area contributed by atoms with Crippen molar-refractivity contribution in [3.63, 3.8) is 0 Å². The van der Waals surface area contributed by atoms with Crippen molar-refractivity contribution in [2.75, 3.05) is 25.5 Å². The summed E-state index contributed by atoms with van der Waals surface area (Å²) in [7, 11) is 0.407. The van der Waals surface area contributed by atoms with Gasteiger partial charge in [0.1, 0.15) is 17.8 Å². The van der Waals surface area contributed by atoms with Crippen LogP contribution in [0.3, 0.4) is 0 Å². The largest absolute Gasteiger partial charge is 0.413 e. The van der Waals surface area contributed by atoms with Crippen LogP contribution in [-0.4, -0.2) is 60.5 Å². The molecule has 25 heavy (non-hydrogen) atoms. The Bertz CT molecular complexity index is 724. The SMILES string of the molecule is CN1C[C@@H](Nc2ncnc3[nH]ccc23)C[C@H](O[Si](C)(C)C(C)(C)C)C1. The summed E-state index contributed by atoms with van der Waals surface area (Å²) in [5.41, 5.74) is 0.871. The molecule has 0 unspecified atom stereocenters. The highest BCUT2D eigenvalue weighted by atomic mass is 28.4. The summed E-state index contributed by atoms with van der Waals surface area (Å²) in [4.78, 5) is 14.2. The molecule has 0 saturated carbocycles. The highest BCUT2D eigenvalue weighted by molar-refractivity contribution is 6.74. The van der Waals surface area contributed by atoms with Crippen LogP contribution in [0.2, 0.25) is 18.1 Å². The van der Waals surface area contributed by atoms with E-state index < -0.39 is 8.32 Å². The Labute approximate surface area is 151 Å². The third kappa shape index (κ3) is 4.04. The van der Waals surface area contributed by atoms with Gasteiger partial charge in [-0.3, -0.25) is 0 Å². The Morgan fingerprint density at radius 1 is 1.28 bits per heavy atom. The van der Waals surface area contributed by atoms with Gasteiger partial charge in [0, 0.05) is 25.3 Å². The predicted molar refractivity (Wildman–Crippen MR) is 105 cm³/mol. The van der Waals surface area contributed by atoms with Gasteiger partial charge in [-0.05, 0) is 37.7 Å². The number of likely N-dealkylation sites (N-methyl/N-ethyl adjacent to an activating group) is 1. The normalized spacial score (nSPS) is 23.1. The molecule has 0 aromatic carbocycles. The zero-order valence-electron chi connectivity index (χ0n) is 16.3. The maximum atomic E-state index is 6.67. The lowest BCUT2D eigenvalue weighted by Gasteiger charge is -2.43. The Morgan fingerprint density at radius 2 is 2.04 bits per heavy atom. The molecular formula is C18H31N5OSi. The Morgan fingerprint density at radius 3 is 2.76 bits per heavy atom. The van der Waals surface area contributed by atoms with Crippen LogP contribution in [0, 0.1) is 0 Å². The lowest BCUT2D eigenvalue weighted by atomic mass is 10.0. The van der Waals surface area contributed by atoms with Crippen LogP contribution in [-0.2, 0) is 4.43 Å². The third-order valence-electron chi connectivity index (χ3n) is 5.56. The van der Waals surface area contributed by atoms with Gasteiger partial charge in [-0.2, -0.15) is 0 Å². The van der Waals surface area contributed by atoms with Gasteiger partial charge in [0.15, 0.2) is 8.32 Å². The van der Waals surface area contributed by atoms with E-state index in [0.717, 1.165) is 36.4 Å². The second-order valence-electron chi connectivity index (χ2n) is 8.76. The summed E-state index contributed by atoms with van der Waals surface area (Å²) in [6.45, 7) is 13.5. The van der Waals surface area contributed by atoms with Crippen LogP contribution in [0.1, 0.15) is 27.2 Å². The number of aromatic nitrogens is 3. The Hall–Kier alpha value is -1.44. The van der Waals surface area contributed by atoms with E-state index in [-0.39, 0.29) is 11.1 Å². The molecule has 6 nitrogen and oxygen atoms in total. The van der Waals surface area contributed by atoms with Gasteiger partial charge < -0.3 is 19.6 Å². The molecular weight excluding hydrogens is 330 g/mol. The smallest absolute Gasteiger partial charge is 0.192 e. The van der Waals surface area contributed by atoms with E-state index in [9.17, 15) is 0 Å². The summed E-state index contributed by atoms with van der Waals surface area (Å²) < 4.78 is 6.67. The number of fused-ring (bicyclic) bond motifs is 1. The topological polar surface area (TPSA) is 66.1 Å². The number of rotatable bonds is 4. The van der Waals surface area contributed by atoms with Gasteiger partial charge in [-0.15, -0.1) is 0 Å². The number of hydrogen-bond acceptors (Lipinski definition) is 5. The average Bonchev–Trinajstić information content (AvgIpc) is 2.94. The van der Waals surface area contributed by atoms with E-state index in [1.165, 1.54) is 0 Å². The molecule has 3 heterocycles. The van der Waals surface area contributed by atoms with Gasteiger partial charge in [0.05, 0.1) is 11.5 Å². The molecule has 2 aromatic heterocycles. The quantitative estimate of drug-likeness (QED) is 0.816. The number of nitrogens with zero attached hydrogens (tertiary/aromatic N) is 3. The molecule has 3 rings (SSSR count). The monoisotopic (exact) mass is 361 g/mol. The fraction of sp³-hybridized carbons (Fsp3) is 0.667. The van der Waals surface area contributed by atoms with E-state index in [1.807, 2.05) is 12.3 Å². The highest BCUT2D eigenvalue weighted by Crippen LogP contribution is 2.38. The van der Waals surface area contributed by atoms with E-state index in [1.54, 1.807) is 6.33 Å². The predicted octanol–water partition coefficient (Wildman–Crippen LogP) is 3.46. The second-order valence-corrected chi connectivity index (χ2v) is 13.5. The zero-order chi connectivity index (χ0) is 18.2. The summed E-state index contributed by atoms with van der Waals surface area (Å²) in [6.07, 6.45) is 4.78. The van der Waals surface area contributed by atoms with Crippen molar-refractivity contribution in [1.29, 1.82) is 0 Å². The van der Waals surface area contributed by atoms with Crippen molar-refractivity contribution < 1.29 is 4.43 Å². The van der Waals surface area contributed by atoms with E-state index in [2.05, 4.69) is 66.1 Å². The van der Waals surface area contributed by atoms with Crippen LogP contribution in [0.15, 0.2) is 18.6 Å². The van der Waals surface area contributed by atoms with E-state index >= 15 is 0 Å². The third-order valence-corrected chi connectivity index (χ3v) is 10.1. The summed E-state index contributed by atoms with van der Waals surface area (Å²) >= 11 is 0. The second kappa shape index (κ2) is 6.70. The number of piperidine rings is 1. The number of hydrogen-bond donors (Lipinski definition) is 2. The average molecular weight is 362 g/mol. The number of likely N-dealkylation sites (tertiary alicyclic amines) is 1. The molecule has 1 aliphatic rings. The molecule has 1 saturated heterocycles. The van der Waals surface area contributed by atoms with Gasteiger partial charge in [0.2, 0.25) is 0 Å². The highest BCUT2D eigenvalue weighted by Gasteiger charge is 2.40. The standard InChI is InChI=1S/C18H31N5OSi/c1-18(2,3)25(5,6)24-14-9-13(10-23(4)11-14)22-17-15-7-8-19-16(15)20-12-21-17/h7-8,12-14H,9-11H2,1-6H3,(H2,19,20,21,22)/t13-,14-/m0/s1. The first kappa shape index (κ1) is 18.4. The van der Waals surface area contributed by atoms with Crippen molar-refractivity contribution in [3.05, 3.63) is 18.6 Å². The van der Waals surface area contributed by atoms with Crippen LogP contribution in [0.25, 0.3) is 11.0 Å². The van der Waals surface area contributed by atoms with E-state index in [0.29, 0.717) is 6.04 Å². The molecule has 138 valence electrons. The molecule has 2 aromatic rings. The number of aromatic amines is 1. The fourth-order valence-electron chi connectivity index (χ4n) is 3.23. The maximum absolute atomic E-state index is 6.67. The number of H-pyrrole nitrogens is 1. The van der Waals surface area contributed by atoms with Crippen LogP contribution < -0.4 is 5.32 Å². The van der Waals surface area contributed by atoms with Gasteiger partial charge in [-0.25, -0.2) is 9.97 Å². The van der Waals surface area contributed by atoms with Gasteiger partial charge >= 0.3 is 0 Å². The van der Waals surface area contributed by atoms with Crippen molar-refractivity contribution >= 4 is 25.2 Å². The lowest BCUT2D eigenvalue weighted by molar-refractivity contribution is 0.0855. The first-order valence-electron chi connectivity index (χ1n) is 9.07. The number of anilines is 1. The van der Waals surface area contributed by atoms with Crippen molar-refractivity contribution in [2.24, 2.45) is 0 Å². The number of nitrogens with one attached hydrogen (secondary N) is 2. The van der Waals surface area contributed by atoms with Gasteiger partial charge in [0.25, 0.3) is 0 Å². The summed E-state index contributed by atoms with van der Waals surface area (Å²) in [5.74, 6) is 0.901. The van der Waals surface area contributed by atoms with Crippen molar-refractivity contribution in [3.8, 4) is 0 Å². The molecule has 0 radical (unpaired) electrons. The van der Waals surface area contributed by atoms with Gasteiger partial charge in [-0.1, -0.05) is 20.8 Å². The maximum Gasteiger partial charge on any atom is 0.192 e. The Balaban J connectivity index is 1.72. The zero-order valence-corrected chi connectivity index (χ0v) is 17.3. The lowest BCUT2D eigenvalue weighted by Crippen LogP contribution is -2.53. The first-order chi connectivity index (χ1) is 11.7. The minimum Gasteiger partial charge on any atom is -0.413 e. The molecule has 1 fully saturated rings. The molecule has 2 atom stereocenters. The first-order valence-corrected chi connectivity index (χ1v) is 12.0. The van der Waals surface area contributed by atoms with Crippen molar-refractivity contribution in [2.45, 2.75) is 57.5 Å². The minimum absolute atomic E-state index is 0.232. The molecule has 7 heteroatoms. The molecule has 0 amide bonds. The minimum atomic E-state index is -1.76. The Kier molecular flexibility index (Phi) is 4.92. The summed E-state index contributed by atoms with van der Waals surface area (Å²) in [6, 6.07) is 2.34.